The molecular formula is C33H25N3O5. The molecule has 3 atom stereocenters. The van der Waals surface area contributed by atoms with Gasteiger partial charge in [0.1, 0.15) is 6.04 Å². The van der Waals surface area contributed by atoms with Gasteiger partial charge in [-0.25, -0.2) is 0 Å². The summed E-state index contributed by atoms with van der Waals surface area (Å²) >= 11 is 0. The number of nitro groups is 1. The molecule has 3 aliphatic carbocycles. The number of nitro benzene ring substituents is 1. The van der Waals surface area contributed by atoms with Crippen molar-refractivity contribution in [3.63, 3.8) is 0 Å². The van der Waals surface area contributed by atoms with E-state index in [0.717, 1.165) is 27.8 Å². The van der Waals surface area contributed by atoms with Gasteiger partial charge in [0.2, 0.25) is 17.7 Å². The predicted octanol–water partition coefficient (Wildman–Crippen LogP) is 5.04. The number of nitrogens with zero attached hydrogens (tertiary/aromatic N) is 2. The zero-order valence-electron chi connectivity index (χ0n) is 21.8. The van der Waals surface area contributed by atoms with Crippen LogP contribution in [0.5, 0.6) is 0 Å². The molecule has 2 bridgehead atoms. The van der Waals surface area contributed by atoms with Crippen molar-refractivity contribution in [2.24, 2.45) is 11.8 Å². The van der Waals surface area contributed by atoms with Crippen LogP contribution in [0.4, 0.5) is 11.4 Å². The number of amides is 3. The number of non-ortho nitro benzene ring substituents is 1. The summed E-state index contributed by atoms with van der Waals surface area (Å²) in [7, 11) is 0. The summed E-state index contributed by atoms with van der Waals surface area (Å²) in [5.41, 5.74) is 5.31. The van der Waals surface area contributed by atoms with E-state index in [1.165, 1.54) is 29.2 Å². The summed E-state index contributed by atoms with van der Waals surface area (Å²) in [6.45, 7) is 0. The first-order valence-electron chi connectivity index (χ1n) is 13.6. The maximum Gasteiger partial charge on any atom is 0.269 e. The SMILES string of the molecule is O=C(Nc1ccc([N+](=O)[O-])cc1)[C@@H](Cc1ccccc1)N1C(=O)[C@H]2C3c4ccccc4C(c4ccccc43)[C@@H]2C1=O. The van der Waals surface area contributed by atoms with Gasteiger partial charge in [0.15, 0.2) is 0 Å². The number of hydrogen-bond donors (Lipinski definition) is 1. The number of anilines is 1. The minimum Gasteiger partial charge on any atom is -0.324 e. The fraction of sp³-hybridized carbons (Fsp3) is 0.182. The molecule has 8 rings (SSSR count). The number of imide groups is 1. The largest absolute Gasteiger partial charge is 0.324 e. The molecule has 0 spiro atoms. The third-order valence-electron chi connectivity index (χ3n) is 8.71. The Kier molecular flexibility index (Phi) is 5.78. The second-order valence-electron chi connectivity index (χ2n) is 10.8. The summed E-state index contributed by atoms with van der Waals surface area (Å²) in [6.07, 6.45) is 0.145. The average molecular weight is 544 g/mol. The number of benzene rings is 4. The van der Waals surface area contributed by atoms with Crippen LogP contribution < -0.4 is 5.32 Å². The second-order valence-corrected chi connectivity index (χ2v) is 10.8. The molecule has 0 radical (unpaired) electrons. The molecule has 0 aromatic heterocycles. The van der Waals surface area contributed by atoms with Gasteiger partial charge in [0.25, 0.3) is 5.69 Å². The van der Waals surface area contributed by atoms with E-state index in [1.54, 1.807) is 0 Å². The van der Waals surface area contributed by atoms with Gasteiger partial charge in [-0.1, -0.05) is 78.9 Å². The maximum absolute atomic E-state index is 14.3. The van der Waals surface area contributed by atoms with Crippen molar-refractivity contribution >= 4 is 29.1 Å². The number of carbonyl (C=O) groups is 3. The fourth-order valence-electron chi connectivity index (χ4n) is 7.04. The molecule has 8 heteroatoms. The third kappa shape index (κ3) is 3.86. The maximum atomic E-state index is 14.3. The van der Waals surface area contributed by atoms with E-state index in [2.05, 4.69) is 5.32 Å². The fourth-order valence-corrected chi connectivity index (χ4v) is 7.04. The van der Waals surface area contributed by atoms with Crippen molar-refractivity contribution in [3.8, 4) is 0 Å². The minimum absolute atomic E-state index is 0.104. The van der Waals surface area contributed by atoms with Crippen molar-refractivity contribution in [2.75, 3.05) is 5.32 Å². The van der Waals surface area contributed by atoms with Gasteiger partial charge < -0.3 is 5.32 Å². The van der Waals surface area contributed by atoms with Crippen LogP contribution in [0, 0.1) is 22.0 Å². The van der Waals surface area contributed by atoms with Gasteiger partial charge in [-0.2, -0.15) is 0 Å². The molecule has 0 unspecified atom stereocenters. The molecule has 4 aliphatic rings. The monoisotopic (exact) mass is 543 g/mol. The van der Waals surface area contributed by atoms with E-state index in [-0.39, 0.29) is 35.8 Å². The molecule has 0 saturated carbocycles. The Hall–Kier alpha value is -5.11. The van der Waals surface area contributed by atoms with Crippen LogP contribution in [0.15, 0.2) is 103 Å². The molecule has 8 nitrogen and oxygen atoms in total. The summed E-state index contributed by atoms with van der Waals surface area (Å²) in [6, 6.07) is 29.7. The van der Waals surface area contributed by atoms with E-state index < -0.39 is 28.7 Å². The standard InChI is InChI=1S/C33H25N3O5/c37-31(34-20-14-16-21(17-15-20)36(40)41)26(18-19-8-2-1-3-9-19)35-32(38)29-27-22-10-4-5-11-23(22)28(30(29)33(35)39)25-13-7-6-12-24(25)27/h1-17,26-30H,18H2,(H,34,37)/t26-,27?,28?,29+,30+/m1/s1. The molecule has 4 aromatic rings. The molecule has 41 heavy (non-hydrogen) atoms. The molecule has 1 heterocycles. The van der Waals surface area contributed by atoms with E-state index >= 15 is 0 Å². The van der Waals surface area contributed by atoms with E-state index in [0.29, 0.717) is 5.69 Å². The van der Waals surface area contributed by atoms with Gasteiger partial charge >= 0.3 is 0 Å². The Bertz CT molecular complexity index is 1600. The first-order valence-corrected chi connectivity index (χ1v) is 13.6. The number of hydrogen-bond acceptors (Lipinski definition) is 5. The van der Waals surface area contributed by atoms with Gasteiger partial charge in [-0.15, -0.1) is 0 Å². The molecule has 3 amide bonds. The second kappa shape index (κ2) is 9.52. The number of likely N-dealkylation sites (tertiary alicyclic amines) is 1. The van der Waals surface area contributed by atoms with Crippen molar-refractivity contribution in [2.45, 2.75) is 24.3 Å². The van der Waals surface area contributed by atoms with Crippen LogP contribution in [0.2, 0.25) is 0 Å². The highest BCUT2D eigenvalue weighted by Gasteiger charge is 2.63. The average Bonchev–Trinajstić information content (AvgIpc) is 3.26. The van der Waals surface area contributed by atoms with Crippen molar-refractivity contribution in [3.05, 3.63) is 141 Å². The lowest BCUT2D eigenvalue weighted by molar-refractivity contribution is -0.384. The van der Waals surface area contributed by atoms with Crippen LogP contribution in [0.1, 0.15) is 39.7 Å². The van der Waals surface area contributed by atoms with Gasteiger partial charge in [-0.3, -0.25) is 29.4 Å². The minimum atomic E-state index is -1.09. The zero-order chi connectivity index (χ0) is 28.2. The van der Waals surface area contributed by atoms with Crippen LogP contribution in [-0.2, 0) is 20.8 Å². The Morgan fingerprint density at radius 3 is 1.66 bits per heavy atom. The van der Waals surface area contributed by atoms with E-state index in [4.69, 9.17) is 0 Å². The normalized spacial score (nSPS) is 22.5. The first kappa shape index (κ1) is 24.9. The number of nitrogens with one attached hydrogen (secondary N) is 1. The lowest BCUT2D eigenvalue weighted by Crippen LogP contribution is -2.49. The van der Waals surface area contributed by atoms with Gasteiger partial charge in [-0.05, 0) is 39.9 Å². The lowest BCUT2D eigenvalue weighted by Gasteiger charge is -2.45. The zero-order valence-corrected chi connectivity index (χ0v) is 21.8. The van der Waals surface area contributed by atoms with Crippen molar-refractivity contribution in [1.82, 2.24) is 4.90 Å². The van der Waals surface area contributed by atoms with E-state index in [1.807, 2.05) is 78.9 Å². The van der Waals surface area contributed by atoms with Crippen LogP contribution in [0.3, 0.4) is 0 Å². The quantitative estimate of drug-likeness (QED) is 0.208. The Balaban J connectivity index is 1.28. The highest BCUT2D eigenvalue weighted by molar-refractivity contribution is 6.11. The topological polar surface area (TPSA) is 110 Å². The smallest absolute Gasteiger partial charge is 0.269 e. The lowest BCUT2D eigenvalue weighted by atomic mass is 9.55. The Labute approximate surface area is 235 Å². The number of rotatable bonds is 6. The third-order valence-corrected chi connectivity index (χ3v) is 8.71. The van der Waals surface area contributed by atoms with Crippen LogP contribution in [-0.4, -0.2) is 33.6 Å². The van der Waals surface area contributed by atoms with Crippen LogP contribution in [0.25, 0.3) is 0 Å². The Morgan fingerprint density at radius 2 is 1.20 bits per heavy atom. The summed E-state index contributed by atoms with van der Waals surface area (Å²) < 4.78 is 0. The summed E-state index contributed by atoms with van der Waals surface area (Å²) in [5.74, 6) is -2.92. The highest BCUT2D eigenvalue weighted by atomic mass is 16.6. The van der Waals surface area contributed by atoms with Crippen molar-refractivity contribution in [1.29, 1.82) is 0 Å². The van der Waals surface area contributed by atoms with E-state index in [9.17, 15) is 24.5 Å². The van der Waals surface area contributed by atoms with Gasteiger partial charge in [0.05, 0.1) is 16.8 Å². The predicted molar refractivity (Wildman–Crippen MR) is 151 cm³/mol. The summed E-state index contributed by atoms with van der Waals surface area (Å²) in [4.78, 5) is 54.2. The number of carbonyl (C=O) groups excluding carboxylic acids is 3. The molecular weight excluding hydrogens is 518 g/mol. The summed E-state index contributed by atoms with van der Waals surface area (Å²) in [5, 5.41) is 13.9. The first-order chi connectivity index (χ1) is 19.9. The van der Waals surface area contributed by atoms with Crippen LogP contribution >= 0.6 is 0 Å². The Morgan fingerprint density at radius 1 is 0.732 bits per heavy atom. The molecule has 1 fully saturated rings. The highest BCUT2D eigenvalue weighted by Crippen LogP contribution is 2.61. The van der Waals surface area contributed by atoms with Gasteiger partial charge in [0, 0.05) is 36.1 Å². The molecule has 1 saturated heterocycles. The van der Waals surface area contributed by atoms with Crippen molar-refractivity contribution < 1.29 is 19.3 Å². The molecule has 4 aromatic carbocycles. The molecule has 1 aliphatic heterocycles. The molecule has 202 valence electrons. The molecule has 1 N–H and O–H groups in total.